The number of hydrogen-bond acceptors (Lipinski definition) is 2. The van der Waals surface area contributed by atoms with Crippen LogP contribution in [0.15, 0.2) is 42.5 Å². The van der Waals surface area contributed by atoms with Crippen molar-refractivity contribution in [2.75, 3.05) is 5.32 Å². The van der Waals surface area contributed by atoms with Gasteiger partial charge in [-0.25, -0.2) is 9.18 Å². The summed E-state index contributed by atoms with van der Waals surface area (Å²) in [6.45, 7) is 1.85. The average Bonchev–Trinajstić information content (AvgIpc) is 2.41. The Morgan fingerprint density at radius 2 is 2.05 bits per heavy atom. The lowest BCUT2D eigenvalue weighted by atomic mass is 10.1. The van der Waals surface area contributed by atoms with Gasteiger partial charge in [-0.1, -0.05) is 23.7 Å². The van der Waals surface area contributed by atoms with Crippen LogP contribution in [0.5, 0.6) is 0 Å². The molecule has 20 heavy (non-hydrogen) atoms. The van der Waals surface area contributed by atoms with Gasteiger partial charge in [0.25, 0.3) is 0 Å². The van der Waals surface area contributed by atoms with Crippen molar-refractivity contribution < 1.29 is 14.3 Å². The van der Waals surface area contributed by atoms with Crippen LogP contribution >= 0.6 is 11.6 Å². The predicted octanol–water partition coefficient (Wildman–Crippen LogP) is 4.35. The molecule has 0 radical (unpaired) electrons. The van der Waals surface area contributed by atoms with Gasteiger partial charge in [0.05, 0.1) is 11.3 Å². The lowest BCUT2D eigenvalue weighted by Crippen LogP contribution is -2.09. The number of hydrogen-bond donors (Lipinski definition) is 2. The predicted molar refractivity (Wildman–Crippen MR) is 76.8 cm³/mol. The first-order chi connectivity index (χ1) is 9.47. The summed E-state index contributed by atoms with van der Waals surface area (Å²) >= 11 is 5.91. The zero-order valence-electron chi connectivity index (χ0n) is 10.7. The van der Waals surface area contributed by atoms with Gasteiger partial charge in [0.1, 0.15) is 5.82 Å². The first-order valence-corrected chi connectivity index (χ1v) is 6.40. The number of halogens is 2. The standard InChI is InChI=1S/C15H13ClFNO2/c1-9(10-3-2-4-12(16)7-10)18-14-8-11(15(19)20)5-6-13(14)17/h2-9,18H,1H3,(H,19,20). The Labute approximate surface area is 121 Å². The molecule has 0 bridgehead atoms. The highest BCUT2D eigenvalue weighted by Gasteiger charge is 2.12. The fourth-order valence-corrected chi connectivity index (χ4v) is 2.06. The summed E-state index contributed by atoms with van der Waals surface area (Å²) in [5.74, 6) is -1.59. The molecule has 0 heterocycles. The first kappa shape index (κ1) is 14.3. The Bertz CT molecular complexity index is 646. The van der Waals surface area contributed by atoms with Gasteiger partial charge in [0.2, 0.25) is 0 Å². The maximum absolute atomic E-state index is 13.7. The monoisotopic (exact) mass is 293 g/mol. The van der Waals surface area contributed by atoms with Crippen LogP contribution in [0.4, 0.5) is 10.1 Å². The number of benzene rings is 2. The van der Waals surface area contributed by atoms with Crippen LogP contribution < -0.4 is 5.32 Å². The summed E-state index contributed by atoms with van der Waals surface area (Å²) in [5.41, 5.74) is 1.07. The molecule has 1 unspecified atom stereocenters. The van der Waals surface area contributed by atoms with E-state index in [0.717, 1.165) is 11.6 Å². The van der Waals surface area contributed by atoms with Crippen molar-refractivity contribution in [3.8, 4) is 0 Å². The number of carboxylic acids is 1. The van der Waals surface area contributed by atoms with E-state index in [1.807, 2.05) is 13.0 Å². The quantitative estimate of drug-likeness (QED) is 0.881. The molecule has 3 nitrogen and oxygen atoms in total. The van der Waals surface area contributed by atoms with Crippen molar-refractivity contribution in [3.05, 3.63) is 64.4 Å². The van der Waals surface area contributed by atoms with Gasteiger partial charge in [-0.05, 0) is 42.8 Å². The number of aromatic carboxylic acids is 1. The van der Waals surface area contributed by atoms with E-state index >= 15 is 0 Å². The summed E-state index contributed by atoms with van der Waals surface area (Å²) in [5, 5.41) is 12.5. The molecule has 1 atom stereocenters. The number of nitrogens with one attached hydrogen (secondary N) is 1. The van der Waals surface area contributed by atoms with Gasteiger partial charge in [-0.3, -0.25) is 0 Å². The molecular formula is C15H13ClFNO2. The van der Waals surface area contributed by atoms with Crippen LogP contribution in [0.1, 0.15) is 28.9 Å². The maximum atomic E-state index is 13.7. The van der Waals surface area contributed by atoms with Crippen LogP contribution in [0, 0.1) is 5.82 Å². The summed E-state index contributed by atoms with van der Waals surface area (Å²) in [6, 6.07) is 10.6. The third-order valence-corrected chi connectivity index (χ3v) is 3.17. The molecule has 0 aliphatic rings. The van der Waals surface area contributed by atoms with Crippen LogP contribution in [0.25, 0.3) is 0 Å². The van der Waals surface area contributed by atoms with Gasteiger partial charge < -0.3 is 10.4 Å². The van der Waals surface area contributed by atoms with Crippen LogP contribution in [-0.4, -0.2) is 11.1 Å². The Morgan fingerprint density at radius 3 is 2.70 bits per heavy atom. The number of carboxylic acid groups (broad SMARTS) is 1. The largest absolute Gasteiger partial charge is 0.478 e. The van der Waals surface area contributed by atoms with E-state index in [2.05, 4.69) is 5.32 Å². The molecule has 0 saturated heterocycles. The van der Waals surface area contributed by atoms with Gasteiger partial charge in [0.15, 0.2) is 0 Å². The van der Waals surface area contributed by atoms with Crippen molar-refractivity contribution in [1.82, 2.24) is 0 Å². The molecule has 2 rings (SSSR count). The molecule has 2 aromatic rings. The summed E-state index contributed by atoms with van der Waals surface area (Å²) < 4.78 is 13.7. The minimum atomic E-state index is -1.09. The molecule has 0 fully saturated rings. The topological polar surface area (TPSA) is 49.3 Å². The molecule has 0 aliphatic heterocycles. The van der Waals surface area contributed by atoms with E-state index in [0.29, 0.717) is 5.02 Å². The Balaban J connectivity index is 2.25. The molecule has 2 aromatic carbocycles. The third kappa shape index (κ3) is 3.27. The third-order valence-electron chi connectivity index (χ3n) is 2.93. The molecule has 0 aromatic heterocycles. The van der Waals surface area contributed by atoms with E-state index in [4.69, 9.17) is 16.7 Å². The van der Waals surface area contributed by atoms with Crippen molar-refractivity contribution in [1.29, 1.82) is 0 Å². The summed E-state index contributed by atoms with van der Waals surface area (Å²) in [4.78, 5) is 10.9. The second-order valence-corrected chi connectivity index (χ2v) is 4.86. The highest BCUT2D eigenvalue weighted by molar-refractivity contribution is 6.30. The normalized spacial score (nSPS) is 11.9. The number of rotatable bonds is 4. The van der Waals surface area contributed by atoms with Crippen molar-refractivity contribution in [3.63, 3.8) is 0 Å². The summed E-state index contributed by atoms with van der Waals surface area (Å²) in [7, 11) is 0. The van der Waals surface area contributed by atoms with Gasteiger partial charge in [-0.2, -0.15) is 0 Å². The smallest absolute Gasteiger partial charge is 0.335 e. The van der Waals surface area contributed by atoms with Crippen LogP contribution in [0.3, 0.4) is 0 Å². The minimum absolute atomic E-state index is 0.0344. The van der Waals surface area contributed by atoms with Gasteiger partial charge >= 0.3 is 5.97 Å². The molecule has 0 saturated carbocycles. The molecule has 5 heteroatoms. The zero-order chi connectivity index (χ0) is 14.7. The maximum Gasteiger partial charge on any atom is 0.335 e. The van der Waals surface area contributed by atoms with Crippen molar-refractivity contribution >= 4 is 23.3 Å². The van der Waals surface area contributed by atoms with Crippen LogP contribution in [-0.2, 0) is 0 Å². The molecule has 0 aliphatic carbocycles. The second-order valence-electron chi connectivity index (χ2n) is 4.42. The van der Waals surface area contributed by atoms with E-state index in [9.17, 15) is 9.18 Å². The van der Waals surface area contributed by atoms with E-state index in [-0.39, 0.29) is 17.3 Å². The van der Waals surface area contributed by atoms with E-state index in [1.165, 1.54) is 12.1 Å². The average molecular weight is 294 g/mol. The van der Waals surface area contributed by atoms with Gasteiger partial charge in [-0.15, -0.1) is 0 Å². The van der Waals surface area contributed by atoms with Crippen molar-refractivity contribution in [2.45, 2.75) is 13.0 Å². The van der Waals surface area contributed by atoms with Crippen molar-refractivity contribution in [2.24, 2.45) is 0 Å². The van der Waals surface area contributed by atoms with E-state index < -0.39 is 11.8 Å². The molecular weight excluding hydrogens is 281 g/mol. The zero-order valence-corrected chi connectivity index (χ0v) is 11.5. The highest BCUT2D eigenvalue weighted by atomic mass is 35.5. The number of carbonyl (C=O) groups is 1. The number of anilines is 1. The summed E-state index contributed by atoms with van der Waals surface area (Å²) in [6.07, 6.45) is 0. The molecule has 104 valence electrons. The lowest BCUT2D eigenvalue weighted by Gasteiger charge is -2.17. The molecule has 2 N–H and O–H groups in total. The SMILES string of the molecule is CC(Nc1cc(C(=O)O)ccc1F)c1cccc(Cl)c1. The Hall–Kier alpha value is -2.07. The Morgan fingerprint density at radius 1 is 1.30 bits per heavy atom. The van der Waals surface area contributed by atoms with Gasteiger partial charge in [0, 0.05) is 11.1 Å². The highest BCUT2D eigenvalue weighted by Crippen LogP contribution is 2.24. The lowest BCUT2D eigenvalue weighted by molar-refractivity contribution is 0.0697. The Kier molecular flexibility index (Phi) is 4.25. The van der Waals surface area contributed by atoms with Crippen LogP contribution in [0.2, 0.25) is 5.02 Å². The fraction of sp³-hybridized carbons (Fsp3) is 0.133. The fourth-order valence-electron chi connectivity index (χ4n) is 1.86. The molecule has 0 spiro atoms. The van der Waals surface area contributed by atoms with E-state index in [1.54, 1.807) is 18.2 Å². The first-order valence-electron chi connectivity index (χ1n) is 6.02. The second kappa shape index (κ2) is 5.92. The minimum Gasteiger partial charge on any atom is -0.478 e. The molecule has 0 amide bonds.